The summed E-state index contributed by atoms with van der Waals surface area (Å²) in [4.78, 5) is 22.2. The summed E-state index contributed by atoms with van der Waals surface area (Å²) in [6.45, 7) is -0.0338. The van der Waals surface area contributed by atoms with Gasteiger partial charge >= 0.3 is 5.76 Å². The first-order valence-electron chi connectivity index (χ1n) is 6.51. The van der Waals surface area contributed by atoms with Crippen LogP contribution in [0.2, 0.25) is 0 Å². The second-order valence-corrected chi connectivity index (χ2v) is 4.56. The first-order chi connectivity index (χ1) is 11.1. The molecular formula is C14H11N3O6. The van der Waals surface area contributed by atoms with Crippen molar-refractivity contribution in [2.24, 2.45) is 0 Å². The molecule has 2 aromatic heterocycles. The topological polar surface area (TPSA) is 114 Å². The van der Waals surface area contributed by atoms with E-state index in [4.69, 9.17) is 13.6 Å². The Hall–Kier alpha value is -3.36. The van der Waals surface area contributed by atoms with Gasteiger partial charge in [-0.25, -0.2) is 4.79 Å². The molecule has 0 aliphatic carbocycles. The Morgan fingerprint density at radius 1 is 1.39 bits per heavy atom. The summed E-state index contributed by atoms with van der Waals surface area (Å²) in [5, 5.41) is 14.9. The number of nitro benzene ring substituents is 1. The van der Waals surface area contributed by atoms with Crippen LogP contribution in [0.15, 0.2) is 50.2 Å². The van der Waals surface area contributed by atoms with Gasteiger partial charge in [0.05, 0.1) is 24.8 Å². The molecular weight excluding hydrogens is 306 g/mol. The predicted molar refractivity (Wildman–Crippen MR) is 77.2 cm³/mol. The summed E-state index contributed by atoms with van der Waals surface area (Å²) in [6, 6.07) is 7.35. The van der Waals surface area contributed by atoms with Gasteiger partial charge in [0, 0.05) is 17.7 Å². The van der Waals surface area contributed by atoms with E-state index in [2.05, 4.69) is 5.10 Å². The fraction of sp³-hybridized carbons (Fsp3) is 0.143. The summed E-state index contributed by atoms with van der Waals surface area (Å²) in [6.07, 6.45) is 1.43. The molecule has 3 aromatic rings. The second kappa shape index (κ2) is 5.79. The molecule has 1 aromatic carbocycles. The monoisotopic (exact) mass is 317 g/mol. The number of methoxy groups -OCH3 is 1. The SMILES string of the molecule is COc1ccc([N+](=O)[O-])cc1Cn1nc(-c2ccco2)oc1=O. The van der Waals surface area contributed by atoms with E-state index in [-0.39, 0.29) is 18.1 Å². The average molecular weight is 317 g/mol. The fourth-order valence-corrected chi connectivity index (χ4v) is 2.07. The van der Waals surface area contributed by atoms with Crippen LogP contribution in [-0.2, 0) is 6.54 Å². The molecule has 0 N–H and O–H groups in total. The molecule has 0 aliphatic rings. The van der Waals surface area contributed by atoms with Crippen molar-refractivity contribution in [2.45, 2.75) is 6.54 Å². The Kier molecular flexibility index (Phi) is 3.67. The van der Waals surface area contributed by atoms with Gasteiger partial charge in [-0.15, -0.1) is 5.10 Å². The zero-order valence-electron chi connectivity index (χ0n) is 12.0. The zero-order valence-corrected chi connectivity index (χ0v) is 12.0. The van der Waals surface area contributed by atoms with Crippen LogP contribution in [0.3, 0.4) is 0 Å². The minimum atomic E-state index is -0.704. The van der Waals surface area contributed by atoms with Crippen LogP contribution in [0.4, 0.5) is 5.69 Å². The highest BCUT2D eigenvalue weighted by molar-refractivity contribution is 5.44. The van der Waals surface area contributed by atoms with E-state index < -0.39 is 10.7 Å². The van der Waals surface area contributed by atoms with Gasteiger partial charge in [-0.3, -0.25) is 10.1 Å². The maximum atomic E-state index is 11.9. The summed E-state index contributed by atoms with van der Waals surface area (Å²) in [5.41, 5.74) is 0.326. The van der Waals surface area contributed by atoms with Gasteiger partial charge in [0.25, 0.3) is 11.6 Å². The molecule has 9 heteroatoms. The normalized spacial score (nSPS) is 10.7. The number of hydrogen-bond acceptors (Lipinski definition) is 7. The number of nitro groups is 1. The maximum Gasteiger partial charge on any atom is 0.437 e. The van der Waals surface area contributed by atoms with Gasteiger partial charge in [0.1, 0.15) is 5.75 Å². The van der Waals surface area contributed by atoms with Gasteiger partial charge in [0.15, 0.2) is 5.76 Å². The number of non-ortho nitro benzene ring substituents is 1. The van der Waals surface area contributed by atoms with Crippen molar-refractivity contribution in [3.05, 3.63) is 62.8 Å². The molecule has 2 heterocycles. The third-order valence-corrected chi connectivity index (χ3v) is 3.13. The molecule has 0 saturated heterocycles. The minimum absolute atomic E-state index is 0.0318. The van der Waals surface area contributed by atoms with Crippen molar-refractivity contribution in [1.82, 2.24) is 9.78 Å². The number of benzene rings is 1. The predicted octanol–water partition coefficient (Wildman–Crippen LogP) is 2.06. The summed E-state index contributed by atoms with van der Waals surface area (Å²) in [7, 11) is 1.44. The van der Waals surface area contributed by atoms with Gasteiger partial charge in [0.2, 0.25) is 0 Å². The van der Waals surface area contributed by atoms with E-state index in [0.29, 0.717) is 17.1 Å². The average Bonchev–Trinajstić information content (AvgIpc) is 3.17. The van der Waals surface area contributed by atoms with Crippen LogP contribution in [0.1, 0.15) is 5.56 Å². The Morgan fingerprint density at radius 3 is 2.87 bits per heavy atom. The number of aromatic nitrogens is 2. The smallest absolute Gasteiger partial charge is 0.437 e. The number of ether oxygens (including phenoxy) is 1. The third-order valence-electron chi connectivity index (χ3n) is 3.13. The lowest BCUT2D eigenvalue weighted by Crippen LogP contribution is -2.17. The van der Waals surface area contributed by atoms with Crippen molar-refractivity contribution in [2.75, 3.05) is 7.11 Å². The molecule has 0 bridgehead atoms. The quantitative estimate of drug-likeness (QED) is 0.522. The van der Waals surface area contributed by atoms with Crippen molar-refractivity contribution >= 4 is 5.69 Å². The summed E-state index contributed by atoms with van der Waals surface area (Å²) in [5.74, 6) is 0.0475. The van der Waals surface area contributed by atoms with Gasteiger partial charge in [-0.1, -0.05) is 0 Å². The summed E-state index contributed by atoms with van der Waals surface area (Å²) >= 11 is 0. The molecule has 9 nitrogen and oxygen atoms in total. The molecule has 3 rings (SSSR count). The number of rotatable bonds is 5. The van der Waals surface area contributed by atoms with Crippen molar-refractivity contribution in [3.63, 3.8) is 0 Å². The molecule has 0 saturated carbocycles. The van der Waals surface area contributed by atoms with Crippen molar-refractivity contribution in [3.8, 4) is 17.4 Å². The molecule has 118 valence electrons. The molecule has 0 atom stereocenters. The number of furan rings is 1. The number of hydrogen-bond donors (Lipinski definition) is 0. The van der Waals surface area contributed by atoms with Crippen LogP contribution in [0.5, 0.6) is 5.75 Å². The van der Waals surface area contributed by atoms with Crippen LogP contribution in [0, 0.1) is 10.1 Å². The third kappa shape index (κ3) is 2.84. The fourth-order valence-electron chi connectivity index (χ4n) is 2.07. The molecule has 0 unspecified atom stereocenters. The lowest BCUT2D eigenvalue weighted by Gasteiger charge is -2.07. The standard InChI is InChI=1S/C14H11N3O6/c1-21-11-5-4-10(17(19)20)7-9(11)8-16-14(18)23-13(15-16)12-3-2-6-22-12/h2-7H,8H2,1H3. The lowest BCUT2D eigenvalue weighted by atomic mass is 10.2. The molecule has 0 amide bonds. The van der Waals surface area contributed by atoms with Crippen molar-refractivity contribution < 1.29 is 18.5 Å². The highest BCUT2D eigenvalue weighted by atomic mass is 16.6. The van der Waals surface area contributed by atoms with Crippen LogP contribution < -0.4 is 10.5 Å². The Bertz CT molecular complexity index is 894. The number of nitrogens with zero attached hydrogens (tertiary/aromatic N) is 3. The van der Waals surface area contributed by atoms with Crippen LogP contribution >= 0.6 is 0 Å². The molecule has 0 fully saturated rings. The van der Waals surface area contributed by atoms with Gasteiger partial charge < -0.3 is 13.6 Å². The van der Waals surface area contributed by atoms with E-state index in [1.165, 1.54) is 31.6 Å². The second-order valence-electron chi connectivity index (χ2n) is 4.56. The van der Waals surface area contributed by atoms with E-state index >= 15 is 0 Å². The Balaban J connectivity index is 1.97. The Labute approximate surface area is 128 Å². The molecule has 23 heavy (non-hydrogen) atoms. The first kappa shape index (κ1) is 14.6. The van der Waals surface area contributed by atoms with Gasteiger partial charge in [-0.05, 0) is 18.2 Å². The van der Waals surface area contributed by atoms with Gasteiger partial charge in [-0.2, -0.15) is 4.68 Å². The minimum Gasteiger partial charge on any atom is -0.496 e. The summed E-state index contributed by atoms with van der Waals surface area (Å²) < 4.78 is 16.3. The zero-order chi connectivity index (χ0) is 16.4. The van der Waals surface area contributed by atoms with E-state index in [1.807, 2.05) is 0 Å². The van der Waals surface area contributed by atoms with E-state index in [0.717, 1.165) is 4.68 Å². The highest BCUT2D eigenvalue weighted by Crippen LogP contribution is 2.24. The maximum absolute atomic E-state index is 11.9. The van der Waals surface area contributed by atoms with Crippen LogP contribution in [0.25, 0.3) is 11.7 Å². The van der Waals surface area contributed by atoms with E-state index in [1.54, 1.807) is 12.1 Å². The van der Waals surface area contributed by atoms with Crippen molar-refractivity contribution in [1.29, 1.82) is 0 Å². The molecule has 0 spiro atoms. The first-order valence-corrected chi connectivity index (χ1v) is 6.51. The Morgan fingerprint density at radius 2 is 2.22 bits per heavy atom. The largest absolute Gasteiger partial charge is 0.496 e. The molecule has 0 aliphatic heterocycles. The van der Waals surface area contributed by atoms with E-state index in [9.17, 15) is 14.9 Å². The van der Waals surface area contributed by atoms with Crippen LogP contribution in [-0.4, -0.2) is 21.8 Å². The molecule has 0 radical (unpaired) electrons. The highest BCUT2D eigenvalue weighted by Gasteiger charge is 2.16. The lowest BCUT2D eigenvalue weighted by molar-refractivity contribution is -0.384.